The summed E-state index contributed by atoms with van der Waals surface area (Å²) in [5.74, 6) is -0.320. The molecule has 1 rings (SSSR count). The zero-order chi connectivity index (χ0) is 17.6. The maximum Gasteiger partial charge on any atom is 0.253 e. The maximum atomic E-state index is 12.2. The van der Waals surface area contributed by atoms with Crippen LogP contribution < -0.4 is 16.4 Å². The van der Waals surface area contributed by atoms with Crippen LogP contribution in [0.3, 0.4) is 0 Å². The van der Waals surface area contributed by atoms with E-state index in [0.717, 1.165) is 6.42 Å². The van der Waals surface area contributed by atoms with E-state index in [1.807, 2.05) is 0 Å². The number of halogens is 3. The normalized spacial score (nSPS) is 13.0. The molecule has 0 aliphatic heterocycles. The van der Waals surface area contributed by atoms with E-state index in [0.29, 0.717) is 12.5 Å². The van der Waals surface area contributed by atoms with Gasteiger partial charge >= 0.3 is 0 Å². The van der Waals surface area contributed by atoms with Crippen LogP contribution in [0.1, 0.15) is 37.6 Å². The molecule has 2 atom stereocenters. The molecular weight excluding hydrogens is 373 g/mol. The molecule has 0 spiro atoms. The third-order valence-corrected chi connectivity index (χ3v) is 4.14. The van der Waals surface area contributed by atoms with E-state index in [1.54, 1.807) is 25.1 Å². The zero-order valence-electron chi connectivity index (χ0n) is 13.9. The van der Waals surface area contributed by atoms with Crippen molar-refractivity contribution in [3.8, 4) is 0 Å². The average Bonchev–Trinajstić information content (AvgIpc) is 2.48. The Labute approximate surface area is 159 Å². The van der Waals surface area contributed by atoms with Gasteiger partial charge in [0.25, 0.3) is 5.91 Å². The molecule has 0 aliphatic rings. The van der Waals surface area contributed by atoms with Gasteiger partial charge in [-0.15, -0.1) is 12.4 Å². The summed E-state index contributed by atoms with van der Waals surface area (Å²) in [4.78, 5) is 24.4. The zero-order valence-corrected chi connectivity index (χ0v) is 16.3. The summed E-state index contributed by atoms with van der Waals surface area (Å²) in [7, 11) is 0. The highest BCUT2D eigenvalue weighted by atomic mass is 35.5. The fourth-order valence-corrected chi connectivity index (χ4v) is 2.51. The van der Waals surface area contributed by atoms with Crippen molar-refractivity contribution in [2.75, 3.05) is 6.54 Å². The third-order valence-electron chi connectivity index (χ3n) is 3.32. The van der Waals surface area contributed by atoms with Crippen molar-refractivity contribution in [3.05, 3.63) is 33.8 Å². The molecule has 0 saturated carbocycles. The molecule has 0 radical (unpaired) electrons. The van der Waals surface area contributed by atoms with E-state index in [-0.39, 0.29) is 40.0 Å². The molecule has 0 aromatic heterocycles. The molecule has 136 valence electrons. The standard InChI is InChI=1S/C16H23Cl2N3O2.ClH/c1-9(2)7-11(8-19)21-15(22)10(3)20-16(23)12-5-4-6-13(17)14(12)18;/h4-6,9-11H,7-8,19H2,1-3H3,(H,20,23)(H,21,22);1H. The minimum absolute atomic E-state index is 0. The number of carbonyl (C=O) groups excluding carboxylic acids is 2. The van der Waals surface area contributed by atoms with Gasteiger partial charge in [-0.3, -0.25) is 9.59 Å². The van der Waals surface area contributed by atoms with Gasteiger partial charge in [-0.05, 0) is 31.4 Å². The molecular formula is C16H24Cl3N3O2. The van der Waals surface area contributed by atoms with E-state index in [9.17, 15) is 9.59 Å². The first-order valence-electron chi connectivity index (χ1n) is 7.51. The number of nitrogens with two attached hydrogens (primary N) is 1. The number of rotatable bonds is 7. The number of amides is 2. The first-order chi connectivity index (χ1) is 10.8. The number of hydrogen-bond acceptors (Lipinski definition) is 3. The lowest BCUT2D eigenvalue weighted by molar-refractivity contribution is -0.123. The van der Waals surface area contributed by atoms with Crippen LogP contribution in [0.15, 0.2) is 18.2 Å². The molecule has 2 amide bonds. The summed E-state index contributed by atoms with van der Waals surface area (Å²) in [6.07, 6.45) is 0.781. The van der Waals surface area contributed by atoms with Crippen molar-refractivity contribution in [2.24, 2.45) is 11.7 Å². The van der Waals surface area contributed by atoms with Crippen LogP contribution >= 0.6 is 35.6 Å². The van der Waals surface area contributed by atoms with Crippen LogP contribution in [0, 0.1) is 5.92 Å². The predicted octanol–water partition coefficient (Wildman–Crippen LogP) is 3.02. The predicted molar refractivity (Wildman–Crippen MR) is 101 cm³/mol. The van der Waals surface area contributed by atoms with Crippen molar-refractivity contribution in [1.82, 2.24) is 10.6 Å². The van der Waals surface area contributed by atoms with Gasteiger partial charge in [0.2, 0.25) is 5.91 Å². The van der Waals surface area contributed by atoms with Crippen LogP contribution in [-0.2, 0) is 4.79 Å². The summed E-state index contributed by atoms with van der Waals surface area (Å²) in [5, 5.41) is 5.91. The fourth-order valence-electron chi connectivity index (χ4n) is 2.13. The largest absolute Gasteiger partial charge is 0.350 e. The Kier molecular flexibility index (Phi) is 10.3. The molecule has 0 saturated heterocycles. The second-order valence-electron chi connectivity index (χ2n) is 5.87. The quantitative estimate of drug-likeness (QED) is 0.662. The molecule has 0 heterocycles. The molecule has 1 aromatic rings. The summed E-state index contributed by atoms with van der Waals surface area (Å²) in [5.41, 5.74) is 5.90. The Bertz CT molecular complexity index is 567. The first-order valence-corrected chi connectivity index (χ1v) is 8.27. The Balaban J connectivity index is 0.00000529. The number of carbonyl (C=O) groups is 2. The van der Waals surface area contributed by atoms with Crippen LogP contribution in [0.25, 0.3) is 0 Å². The molecule has 5 nitrogen and oxygen atoms in total. The molecule has 2 unspecified atom stereocenters. The number of nitrogens with one attached hydrogen (secondary N) is 2. The Hall–Kier alpha value is -1.01. The third kappa shape index (κ3) is 6.85. The lowest BCUT2D eigenvalue weighted by Crippen LogP contribution is -2.50. The Morgan fingerprint density at radius 3 is 2.33 bits per heavy atom. The number of hydrogen-bond donors (Lipinski definition) is 3. The molecule has 0 fully saturated rings. The lowest BCUT2D eigenvalue weighted by atomic mass is 10.0. The lowest BCUT2D eigenvalue weighted by Gasteiger charge is -2.22. The summed E-state index contributed by atoms with van der Waals surface area (Å²) >= 11 is 11.9. The highest BCUT2D eigenvalue weighted by molar-refractivity contribution is 6.43. The molecule has 1 aromatic carbocycles. The topological polar surface area (TPSA) is 84.2 Å². The van der Waals surface area contributed by atoms with Gasteiger partial charge in [-0.2, -0.15) is 0 Å². The minimum atomic E-state index is -0.709. The van der Waals surface area contributed by atoms with Crippen molar-refractivity contribution < 1.29 is 9.59 Å². The average molecular weight is 397 g/mol. The van der Waals surface area contributed by atoms with Crippen LogP contribution in [0.5, 0.6) is 0 Å². The Morgan fingerprint density at radius 2 is 1.79 bits per heavy atom. The van der Waals surface area contributed by atoms with Gasteiger partial charge in [0.05, 0.1) is 15.6 Å². The van der Waals surface area contributed by atoms with E-state index < -0.39 is 11.9 Å². The molecule has 0 bridgehead atoms. The van der Waals surface area contributed by atoms with Gasteiger partial charge in [0.15, 0.2) is 0 Å². The number of benzene rings is 1. The van der Waals surface area contributed by atoms with E-state index in [4.69, 9.17) is 28.9 Å². The monoisotopic (exact) mass is 395 g/mol. The van der Waals surface area contributed by atoms with Crippen molar-refractivity contribution in [1.29, 1.82) is 0 Å². The fraction of sp³-hybridized carbons (Fsp3) is 0.500. The van der Waals surface area contributed by atoms with Crippen molar-refractivity contribution >= 4 is 47.4 Å². The Morgan fingerprint density at radius 1 is 1.17 bits per heavy atom. The van der Waals surface area contributed by atoms with Gasteiger partial charge in [-0.25, -0.2) is 0 Å². The van der Waals surface area contributed by atoms with E-state index in [1.165, 1.54) is 0 Å². The summed E-state index contributed by atoms with van der Waals surface area (Å²) < 4.78 is 0. The van der Waals surface area contributed by atoms with Gasteiger partial charge in [-0.1, -0.05) is 43.1 Å². The van der Waals surface area contributed by atoms with E-state index in [2.05, 4.69) is 24.5 Å². The second-order valence-corrected chi connectivity index (χ2v) is 6.65. The molecule has 24 heavy (non-hydrogen) atoms. The van der Waals surface area contributed by atoms with Crippen LogP contribution in [0.2, 0.25) is 10.0 Å². The molecule has 8 heteroatoms. The molecule has 0 aliphatic carbocycles. The summed E-state index contributed by atoms with van der Waals surface area (Å²) in [6.45, 7) is 6.07. The van der Waals surface area contributed by atoms with E-state index >= 15 is 0 Å². The van der Waals surface area contributed by atoms with Crippen molar-refractivity contribution in [3.63, 3.8) is 0 Å². The van der Waals surface area contributed by atoms with Crippen LogP contribution in [0.4, 0.5) is 0 Å². The highest BCUT2D eigenvalue weighted by Crippen LogP contribution is 2.25. The minimum Gasteiger partial charge on any atom is -0.350 e. The van der Waals surface area contributed by atoms with Crippen LogP contribution in [-0.4, -0.2) is 30.4 Å². The highest BCUT2D eigenvalue weighted by Gasteiger charge is 2.21. The maximum absolute atomic E-state index is 12.2. The summed E-state index contributed by atoms with van der Waals surface area (Å²) in [6, 6.07) is 3.95. The van der Waals surface area contributed by atoms with Gasteiger partial charge < -0.3 is 16.4 Å². The second kappa shape index (κ2) is 10.8. The smallest absolute Gasteiger partial charge is 0.253 e. The first kappa shape index (κ1) is 23.0. The van der Waals surface area contributed by atoms with Gasteiger partial charge in [0.1, 0.15) is 6.04 Å². The van der Waals surface area contributed by atoms with Crippen molar-refractivity contribution in [2.45, 2.75) is 39.3 Å². The molecule has 4 N–H and O–H groups in total. The van der Waals surface area contributed by atoms with Gasteiger partial charge in [0, 0.05) is 12.6 Å². The SMILES string of the molecule is CC(C)CC(CN)NC(=O)C(C)NC(=O)c1cccc(Cl)c1Cl.Cl.